The zero-order valence-corrected chi connectivity index (χ0v) is 11.7. The minimum absolute atomic E-state index is 0.102. The molecule has 2 nitrogen and oxygen atoms in total. The molecule has 0 bridgehead atoms. The molecule has 0 atom stereocenters. The van der Waals surface area contributed by atoms with Gasteiger partial charge in [-0.2, -0.15) is 13.2 Å². The van der Waals surface area contributed by atoms with Crippen LogP contribution < -0.4 is 4.90 Å². The summed E-state index contributed by atoms with van der Waals surface area (Å²) in [4.78, 5) is 12.3. The highest BCUT2D eigenvalue weighted by Gasteiger charge is 2.43. The van der Waals surface area contributed by atoms with Crippen molar-refractivity contribution >= 4 is 28.9 Å². The lowest BCUT2D eigenvalue weighted by atomic mass is 10.2. The fourth-order valence-corrected chi connectivity index (χ4v) is 1.92. The molecule has 2 aromatic carbocycles. The van der Waals surface area contributed by atoms with E-state index >= 15 is 0 Å². The number of carbonyl (C=O) groups excluding carboxylic acids is 1. The first-order chi connectivity index (χ1) is 9.79. The van der Waals surface area contributed by atoms with Crippen LogP contribution >= 0.6 is 11.6 Å². The lowest BCUT2D eigenvalue weighted by molar-refractivity contribution is -0.169. The Kier molecular flexibility index (Phi) is 4.23. The lowest BCUT2D eigenvalue weighted by Gasteiger charge is -2.24. The number of carbonyl (C=O) groups is 1. The molecule has 0 saturated heterocycles. The molecule has 0 aliphatic carbocycles. The van der Waals surface area contributed by atoms with Gasteiger partial charge in [0.15, 0.2) is 0 Å². The van der Waals surface area contributed by atoms with Gasteiger partial charge in [0.1, 0.15) is 0 Å². The number of aryl methyl sites for hydroxylation is 1. The van der Waals surface area contributed by atoms with Crippen molar-refractivity contribution in [1.82, 2.24) is 0 Å². The van der Waals surface area contributed by atoms with Crippen LogP contribution in [0.4, 0.5) is 24.5 Å². The minimum Gasteiger partial charge on any atom is -0.273 e. The summed E-state index contributed by atoms with van der Waals surface area (Å²) in [6, 6.07) is 11.8. The molecule has 0 N–H and O–H groups in total. The molecule has 0 radical (unpaired) electrons. The summed E-state index contributed by atoms with van der Waals surface area (Å²) in [7, 11) is 0. The molecule has 0 unspecified atom stereocenters. The summed E-state index contributed by atoms with van der Waals surface area (Å²) in [6.07, 6.45) is -4.97. The average Bonchev–Trinajstić information content (AvgIpc) is 2.42. The molecule has 21 heavy (non-hydrogen) atoms. The Balaban J connectivity index is 2.51. The van der Waals surface area contributed by atoms with Crippen molar-refractivity contribution in [2.45, 2.75) is 13.1 Å². The Hall–Kier alpha value is -2.01. The van der Waals surface area contributed by atoms with Crippen LogP contribution in [0.25, 0.3) is 0 Å². The monoisotopic (exact) mass is 313 g/mol. The summed E-state index contributed by atoms with van der Waals surface area (Å²) in [5, 5.41) is 0.377. The van der Waals surface area contributed by atoms with Gasteiger partial charge in [0.2, 0.25) is 0 Å². The van der Waals surface area contributed by atoms with E-state index in [9.17, 15) is 18.0 Å². The molecule has 0 aliphatic rings. The zero-order valence-electron chi connectivity index (χ0n) is 11.0. The number of benzene rings is 2. The van der Waals surface area contributed by atoms with Gasteiger partial charge in [-0.3, -0.25) is 9.69 Å². The number of nitrogens with zero attached hydrogens (tertiary/aromatic N) is 1. The van der Waals surface area contributed by atoms with Gasteiger partial charge < -0.3 is 0 Å². The molecule has 1 amide bonds. The second-order valence-electron chi connectivity index (χ2n) is 4.45. The largest absolute Gasteiger partial charge is 0.472 e. The number of hydrogen-bond acceptors (Lipinski definition) is 1. The van der Waals surface area contributed by atoms with E-state index in [1.165, 1.54) is 36.4 Å². The van der Waals surface area contributed by atoms with E-state index in [4.69, 9.17) is 11.6 Å². The highest BCUT2D eigenvalue weighted by Crippen LogP contribution is 2.31. The van der Waals surface area contributed by atoms with E-state index in [1.807, 2.05) is 6.92 Å². The van der Waals surface area contributed by atoms with Gasteiger partial charge in [0, 0.05) is 16.4 Å². The normalized spacial score (nSPS) is 11.3. The van der Waals surface area contributed by atoms with E-state index in [2.05, 4.69) is 0 Å². The number of rotatable bonds is 2. The molecular weight excluding hydrogens is 303 g/mol. The zero-order chi connectivity index (χ0) is 15.6. The fourth-order valence-electron chi connectivity index (χ4n) is 1.79. The topological polar surface area (TPSA) is 20.3 Å². The van der Waals surface area contributed by atoms with Gasteiger partial charge in [-0.15, -0.1) is 0 Å². The van der Waals surface area contributed by atoms with E-state index in [0.717, 1.165) is 5.56 Å². The SMILES string of the molecule is Cc1ccc(N(C(=O)C(F)(F)F)c2ccc(Cl)cc2)cc1. The van der Waals surface area contributed by atoms with Crippen molar-refractivity contribution in [3.8, 4) is 0 Å². The van der Waals surface area contributed by atoms with Crippen LogP contribution in [0.3, 0.4) is 0 Å². The van der Waals surface area contributed by atoms with Crippen LogP contribution in [0.1, 0.15) is 5.56 Å². The Morgan fingerprint density at radius 2 is 1.38 bits per heavy atom. The van der Waals surface area contributed by atoms with Gasteiger partial charge in [-0.25, -0.2) is 0 Å². The first-order valence-corrected chi connectivity index (χ1v) is 6.40. The molecule has 0 aromatic heterocycles. The highest BCUT2D eigenvalue weighted by molar-refractivity contribution is 6.30. The van der Waals surface area contributed by atoms with Crippen LogP contribution in [0.5, 0.6) is 0 Å². The molecule has 0 spiro atoms. The van der Waals surface area contributed by atoms with E-state index in [1.54, 1.807) is 12.1 Å². The molecule has 0 saturated carbocycles. The minimum atomic E-state index is -4.97. The Morgan fingerprint density at radius 3 is 1.81 bits per heavy atom. The molecule has 2 aromatic rings. The number of alkyl halides is 3. The smallest absolute Gasteiger partial charge is 0.273 e. The molecule has 110 valence electrons. The molecular formula is C15H11ClF3NO. The Labute approximate surface area is 124 Å². The number of amides is 1. The van der Waals surface area contributed by atoms with Crippen molar-refractivity contribution in [2.24, 2.45) is 0 Å². The van der Waals surface area contributed by atoms with Gasteiger partial charge in [0.05, 0.1) is 0 Å². The number of anilines is 2. The Morgan fingerprint density at radius 1 is 0.952 bits per heavy atom. The van der Waals surface area contributed by atoms with Crippen LogP contribution in [0, 0.1) is 6.92 Å². The predicted molar refractivity (Wildman–Crippen MR) is 75.8 cm³/mol. The van der Waals surface area contributed by atoms with E-state index < -0.39 is 12.1 Å². The summed E-state index contributed by atoms with van der Waals surface area (Å²) in [6.45, 7) is 1.81. The van der Waals surface area contributed by atoms with Gasteiger partial charge in [-0.1, -0.05) is 29.3 Å². The van der Waals surface area contributed by atoms with Crippen molar-refractivity contribution in [2.75, 3.05) is 4.90 Å². The van der Waals surface area contributed by atoms with Gasteiger partial charge >= 0.3 is 12.1 Å². The van der Waals surface area contributed by atoms with Crippen LogP contribution in [0.15, 0.2) is 48.5 Å². The third-order valence-corrected chi connectivity index (χ3v) is 3.07. The molecule has 0 aliphatic heterocycles. The summed E-state index contributed by atoms with van der Waals surface area (Å²) in [5.74, 6) is -1.95. The summed E-state index contributed by atoms with van der Waals surface area (Å²) in [5.41, 5.74) is 1.13. The molecule has 0 fully saturated rings. The Bertz CT molecular complexity index is 590. The average molecular weight is 314 g/mol. The lowest BCUT2D eigenvalue weighted by Crippen LogP contribution is -2.38. The fraction of sp³-hybridized carbons (Fsp3) is 0.133. The second-order valence-corrected chi connectivity index (χ2v) is 4.89. The van der Waals surface area contributed by atoms with E-state index in [0.29, 0.717) is 9.92 Å². The second kappa shape index (κ2) is 5.77. The summed E-state index contributed by atoms with van der Waals surface area (Å²) >= 11 is 5.73. The standard InChI is InChI=1S/C15H11ClF3NO/c1-10-2-6-12(7-3-10)20(14(21)15(17,18)19)13-8-4-11(16)5-9-13/h2-9H,1H3. The quantitative estimate of drug-likeness (QED) is 0.774. The van der Waals surface area contributed by atoms with Crippen molar-refractivity contribution < 1.29 is 18.0 Å². The molecule has 2 rings (SSSR count). The maximum atomic E-state index is 12.8. The first kappa shape index (κ1) is 15.4. The van der Waals surface area contributed by atoms with Crippen molar-refractivity contribution in [1.29, 1.82) is 0 Å². The third kappa shape index (κ3) is 3.55. The van der Waals surface area contributed by atoms with Gasteiger partial charge in [-0.05, 0) is 43.3 Å². The van der Waals surface area contributed by atoms with Crippen LogP contribution in [-0.4, -0.2) is 12.1 Å². The predicted octanol–water partition coefficient (Wildman–Crippen LogP) is 4.88. The summed E-state index contributed by atoms with van der Waals surface area (Å²) < 4.78 is 38.4. The van der Waals surface area contributed by atoms with Crippen molar-refractivity contribution in [3.05, 3.63) is 59.1 Å². The highest BCUT2D eigenvalue weighted by atomic mass is 35.5. The third-order valence-electron chi connectivity index (χ3n) is 2.82. The maximum absolute atomic E-state index is 12.8. The number of hydrogen-bond donors (Lipinski definition) is 0. The van der Waals surface area contributed by atoms with Crippen molar-refractivity contribution in [3.63, 3.8) is 0 Å². The van der Waals surface area contributed by atoms with Crippen LogP contribution in [0.2, 0.25) is 5.02 Å². The molecule has 0 heterocycles. The van der Waals surface area contributed by atoms with E-state index in [-0.39, 0.29) is 11.4 Å². The first-order valence-electron chi connectivity index (χ1n) is 6.02. The van der Waals surface area contributed by atoms with Crippen LogP contribution in [-0.2, 0) is 4.79 Å². The molecule has 6 heteroatoms. The maximum Gasteiger partial charge on any atom is 0.472 e. The number of halogens is 4. The van der Waals surface area contributed by atoms with Gasteiger partial charge in [0.25, 0.3) is 0 Å².